The lowest BCUT2D eigenvalue weighted by Crippen LogP contribution is -2.14. The highest BCUT2D eigenvalue weighted by atomic mass is 16.5. The minimum absolute atomic E-state index is 0.679. The lowest BCUT2D eigenvalue weighted by atomic mass is 10.4. The van der Waals surface area contributed by atoms with Gasteiger partial charge in [-0.1, -0.05) is 0 Å². The molecule has 4 heteroatoms. The van der Waals surface area contributed by atoms with E-state index in [1.54, 1.807) is 0 Å². The van der Waals surface area contributed by atoms with Crippen LogP contribution in [-0.2, 0) is 11.3 Å². The normalized spacial score (nSPS) is 16.1. The van der Waals surface area contributed by atoms with Crippen molar-refractivity contribution in [1.82, 2.24) is 14.9 Å². The standard InChI is InChI=1S/C10H17N3O/c1-11-4-5-14-7-10-6-12-8-13(10)9-2-3-9/h6,8-9,11H,2-5,7H2,1H3. The molecule has 0 bridgehead atoms. The highest BCUT2D eigenvalue weighted by molar-refractivity contribution is 5.02. The lowest BCUT2D eigenvalue weighted by Gasteiger charge is -2.06. The topological polar surface area (TPSA) is 39.1 Å². The molecule has 2 rings (SSSR count). The fraction of sp³-hybridized carbons (Fsp3) is 0.700. The molecule has 78 valence electrons. The molecule has 0 saturated heterocycles. The molecule has 1 saturated carbocycles. The lowest BCUT2D eigenvalue weighted by molar-refractivity contribution is 0.119. The van der Waals surface area contributed by atoms with Crippen molar-refractivity contribution in [2.45, 2.75) is 25.5 Å². The molecule has 4 nitrogen and oxygen atoms in total. The number of ether oxygens (including phenoxy) is 1. The summed E-state index contributed by atoms with van der Waals surface area (Å²) in [4.78, 5) is 4.15. The van der Waals surface area contributed by atoms with E-state index in [1.807, 2.05) is 19.6 Å². The van der Waals surface area contributed by atoms with Crippen LogP contribution in [0.5, 0.6) is 0 Å². The van der Waals surface area contributed by atoms with E-state index in [9.17, 15) is 0 Å². The summed E-state index contributed by atoms with van der Waals surface area (Å²) in [7, 11) is 1.93. The third kappa shape index (κ3) is 2.33. The van der Waals surface area contributed by atoms with Crippen LogP contribution in [0, 0.1) is 0 Å². The smallest absolute Gasteiger partial charge is 0.0951 e. The molecule has 0 aromatic carbocycles. The summed E-state index contributed by atoms with van der Waals surface area (Å²) < 4.78 is 7.75. The Morgan fingerprint density at radius 1 is 1.64 bits per heavy atom. The fourth-order valence-electron chi connectivity index (χ4n) is 1.48. The predicted molar refractivity (Wildman–Crippen MR) is 54.1 cm³/mol. The molecule has 1 N–H and O–H groups in total. The van der Waals surface area contributed by atoms with Gasteiger partial charge < -0.3 is 14.6 Å². The van der Waals surface area contributed by atoms with E-state index < -0.39 is 0 Å². The van der Waals surface area contributed by atoms with Crippen LogP contribution in [0.2, 0.25) is 0 Å². The average molecular weight is 195 g/mol. The van der Waals surface area contributed by atoms with Crippen molar-refractivity contribution in [3.8, 4) is 0 Å². The van der Waals surface area contributed by atoms with Gasteiger partial charge in [-0.3, -0.25) is 0 Å². The summed E-state index contributed by atoms with van der Waals surface area (Å²) in [6, 6.07) is 0.695. The minimum atomic E-state index is 0.679. The van der Waals surface area contributed by atoms with Gasteiger partial charge in [0.1, 0.15) is 0 Å². The maximum absolute atomic E-state index is 5.51. The molecule has 0 radical (unpaired) electrons. The second-order valence-corrected chi connectivity index (χ2v) is 3.68. The number of nitrogens with one attached hydrogen (secondary N) is 1. The second kappa shape index (κ2) is 4.57. The van der Waals surface area contributed by atoms with E-state index in [0.717, 1.165) is 13.2 Å². The van der Waals surface area contributed by atoms with E-state index in [2.05, 4.69) is 14.9 Å². The summed E-state index contributed by atoms with van der Waals surface area (Å²) in [5, 5.41) is 3.05. The van der Waals surface area contributed by atoms with Crippen molar-refractivity contribution >= 4 is 0 Å². The SMILES string of the molecule is CNCCOCc1cncn1C1CC1. The van der Waals surface area contributed by atoms with Gasteiger partial charge in [-0.25, -0.2) is 4.98 Å². The minimum Gasteiger partial charge on any atom is -0.374 e. The zero-order valence-electron chi connectivity index (χ0n) is 8.57. The molecular formula is C10H17N3O. The van der Waals surface area contributed by atoms with Crippen LogP contribution in [0.15, 0.2) is 12.5 Å². The summed E-state index contributed by atoms with van der Waals surface area (Å²) in [6.45, 7) is 2.34. The van der Waals surface area contributed by atoms with E-state index in [-0.39, 0.29) is 0 Å². The van der Waals surface area contributed by atoms with Crippen LogP contribution in [0.1, 0.15) is 24.6 Å². The summed E-state index contributed by atoms with van der Waals surface area (Å²) >= 11 is 0. The second-order valence-electron chi connectivity index (χ2n) is 3.68. The Balaban J connectivity index is 1.80. The quantitative estimate of drug-likeness (QED) is 0.687. The molecule has 0 amide bonds. The molecular weight excluding hydrogens is 178 g/mol. The number of rotatable bonds is 6. The predicted octanol–water partition coefficient (Wildman–Crippen LogP) is 0.954. The summed E-state index contributed by atoms with van der Waals surface area (Å²) in [5.41, 5.74) is 1.20. The van der Waals surface area contributed by atoms with Gasteiger partial charge in [0.05, 0.1) is 31.4 Å². The maximum Gasteiger partial charge on any atom is 0.0951 e. The van der Waals surface area contributed by atoms with Crippen molar-refractivity contribution < 1.29 is 4.74 Å². The summed E-state index contributed by atoms with van der Waals surface area (Å²) in [5.74, 6) is 0. The third-order valence-electron chi connectivity index (χ3n) is 2.43. The van der Waals surface area contributed by atoms with Gasteiger partial charge in [0.15, 0.2) is 0 Å². The zero-order valence-corrected chi connectivity index (χ0v) is 8.57. The molecule has 0 spiro atoms. The number of hydrogen-bond acceptors (Lipinski definition) is 3. The first kappa shape index (κ1) is 9.68. The molecule has 1 aromatic heterocycles. The van der Waals surface area contributed by atoms with Crippen molar-refractivity contribution in [1.29, 1.82) is 0 Å². The van der Waals surface area contributed by atoms with Crippen LogP contribution in [0.3, 0.4) is 0 Å². The molecule has 14 heavy (non-hydrogen) atoms. The number of nitrogens with zero attached hydrogens (tertiary/aromatic N) is 2. The number of likely N-dealkylation sites (N-methyl/N-ethyl adjacent to an activating group) is 1. The van der Waals surface area contributed by atoms with Crippen molar-refractivity contribution in [3.63, 3.8) is 0 Å². The molecule has 1 aromatic rings. The van der Waals surface area contributed by atoms with Crippen molar-refractivity contribution in [3.05, 3.63) is 18.2 Å². The monoisotopic (exact) mass is 195 g/mol. The Kier molecular flexibility index (Phi) is 3.16. The van der Waals surface area contributed by atoms with Gasteiger partial charge in [0.25, 0.3) is 0 Å². The Hall–Kier alpha value is -0.870. The molecule has 0 unspecified atom stereocenters. The zero-order chi connectivity index (χ0) is 9.80. The van der Waals surface area contributed by atoms with Crippen LogP contribution >= 0.6 is 0 Å². The van der Waals surface area contributed by atoms with Gasteiger partial charge in [0, 0.05) is 12.6 Å². The van der Waals surface area contributed by atoms with E-state index in [1.165, 1.54) is 18.5 Å². The Labute approximate surface area is 84.3 Å². The molecule has 1 fully saturated rings. The highest BCUT2D eigenvalue weighted by Gasteiger charge is 2.24. The first-order valence-electron chi connectivity index (χ1n) is 5.15. The maximum atomic E-state index is 5.51. The van der Waals surface area contributed by atoms with E-state index >= 15 is 0 Å². The van der Waals surface area contributed by atoms with Gasteiger partial charge in [0.2, 0.25) is 0 Å². The van der Waals surface area contributed by atoms with E-state index in [4.69, 9.17) is 4.74 Å². The van der Waals surface area contributed by atoms with Gasteiger partial charge in [-0.05, 0) is 19.9 Å². The Bertz CT molecular complexity index is 281. The van der Waals surface area contributed by atoms with Crippen LogP contribution in [0.25, 0.3) is 0 Å². The van der Waals surface area contributed by atoms with Crippen molar-refractivity contribution in [2.75, 3.05) is 20.2 Å². The largest absolute Gasteiger partial charge is 0.374 e. The van der Waals surface area contributed by atoms with E-state index in [0.29, 0.717) is 12.6 Å². The first-order chi connectivity index (χ1) is 6.92. The molecule has 1 aliphatic carbocycles. The van der Waals surface area contributed by atoms with Gasteiger partial charge in [-0.15, -0.1) is 0 Å². The van der Waals surface area contributed by atoms with Crippen LogP contribution < -0.4 is 5.32 Å². The fourth-order valence-corrected chi connectivity index (χ4v) is 1.48. The molecule has 0 atom stereocenters. The number of imidazole rings is 1. The van der Waals surface area contributed by atoms with Crippen LogP contribution in [0.4, 0.5) is 0 Å². The average Bonchev–Trinajstić information content (AvgIpc) is 2.94. The van der Waals surface area contributed by atoms with Crippen LogP contribution in [-0.4, -0.2) is 29.8 Å². The van der Waals surface area contributed by atoms with Crippen molar-refractivity contribution in [2.24, 2.45) is 0 Å². The number of hydrogen-bond donors (Lipinski definition) is 1. The van der Waals surface area contributed by atoms with Gasteiger partial charge in [-0.2, -0.15) is 0 Å². The number of aromatic nitrogens is 2. The Morgan fingerprint density at radius 3 is 3.21 bits per heavy atom. The third-order valence-corrected chi connectivity index (χ3v) is 2.43. The summed E-state index contributed by atoms with van der Waals surface area (Å²) in [6.07, 6.45) is 6.39. The highest BCUT2D eigenvalue weighted by Crippen LogP contribution is 2.35. The molecule has 1 aliphatic rings. The molecule has 0 aliphatic heterocycles. The van der Waals surface area contributed by atoms with Gasteiger partial charge >= 0.3 is 0 Å². The first-order valence-corrected chi connectivity index (χ1v) is 5.15. The molecule has 1 heterocycles. The Morgan fingerprint density at radius 2 is 2.50 bits per heavy atom.